The summed E-state index contributed by atoms with van der Waals surface area (Å²) in [6.45, 7) is 8.77. The van der Waals surface area contributed by atoms with Gasteiger partial charge in [-0.1, -0.05) is 46.2 Å². The molecule has 0 spiro atoms. The zero-order valence-electron chi connectivity index (χ0n) is 20.4. The van der Waals surface area contributed by atoms with Gasteiger partial charge in [-0.2, -0.15) is 0 Å². The molecule has 0 radical (unpaired) electrons. The Morgan fingerprint density at radius 1 is 1.26 bits per heavy atom. The van der Waals surface area contributed by atoms with Crippen molar-refractivity contribution in [1.29, 1.82) is 0 Å². The molecule has 35 heavy (non-hydrogen) atoms. The third-order valence-corrected chi connectivity index (χ3v) is 6.53. The molecule has 0 aliphatic carbocycles. The van der Waals surface area contributed by atoms with E-state index in [4.69, 9.17) is 0 Å². The summed E-state index contributed by atoms with van der Waals surface area (Å²) in [7, 11) is 1.54. The fourth-order valence-electron chi connectivity index (χ4n) is 4.38. The molecule has 1 aromatic carbocycles. The molecule has 1 amide bonds. The van der Waals surface area contributed by atoms with Gasteiger partial charge >= 0.3 is 0 Å². The summed E-state index contributed by atoms with van der Waals surface area (Å²) in [4.78, 5) is 19.7. The van der Waals surface area contributed by atoms with Crippen LogP contribution in [0.15, 0.2) is 59.0 Å². The van der Waals surface area contributed by atoms with Crippen LogP contribution in [-0.4, -0.2) is 64.3 Å². The Labute approximate surface area is 208 Å². The average molecular weight is 508 g/mol. The first-order valence-corrected chi connectivity index (χ1v) is 12.6. The number of amides is 1. The van der Waals surface area contributed by atoms with Crippen molar-refractivity contribution in [2.45, 2.75) is 64.0 Å². The van der Waals surface area contributed by atoms with Crippen molar-refractivity contribution < 1.29 is 18.7 Å². The molecule has 2 aliphatic rings. The second-order valence-electron chi connectivity index (χ2n) is 9.09. The molecule has 3 rings (SSSR count). The number of rotatable bonds is 11. The van der Waals surface area contributed by atoms with Crippen molar-refractivity contribution in [3.8, 4) is 0 Å². The van der Waals surface area contributed by atoms with E-state index in [2.05, 4.69) is 22.2 Å². The molecule has 1 aromatic rings. The molecule has 10 heteroatoms. The molecule has 0 fully saturated rings. The van der Waals surface area contributed by atoms with Crippen LogP contribution < -0.4 is 10.6 Å². The van der Waals surface area contributed by atoms with Crippen LogP contribution in [0.3, 0.4) is 0 Å². The standard InChI is InChI=1S/C25H36F2N5O2P/c1-17-18(2)31(24(34)32(23(17)29-19(3)33)15-9-13-25(26,27)35)14-8-7-12-21-16-28-22(30-21)20-10-5-4-6-11-20/h4-6,10-11,21,24,34H,2,7-9,12-16,35H2,1,3H3,(H,28,30)(H,29,33). The fraction of sp³-hybridized carbons (Fsp3) is 0.520. The van der Waals surface area contributed by atoms with Crippen LogP contribution in [0.4, 0.5) is 8.78 Å². The Morgan fingerprint density at radius 3 is 2.60 bits per heavy atom. The Kier molecular flexibility index (Phi) is 9.25. The number of carbonyl (C=O) groups excluding carboxylic acids is 1. The summed E-state index contributed by atoms with van der Waals surface area (Å²) >= 11 is 0. The molecule has 192 valence electrons. The van der Waals surface area contributed by atoms with Gasteiger partial charge in [0, 0.05) is 49.3 Å². The lowest BCUT2D eigenvalue weighted by atomic mass is 10.1. The number of nitrogens with one attached hydrogen (secondary N) is 2. The van der Waals surface area contributed by atoms with Gasteiger partial charge in [-0.25, -0.2) is 8.78 Å². The summed E-state index contributed by atoms with van der Waals surface area (Å²) in [6, 6.07) is 10.3. The van der Waals surface area contributed by atoms with E-state index in [-0.39, 0.29) is 31.3 Å². The van der Waals surface area contributed by atoms with Gasteiger partial charge in [0.25, 0.3) is 5.66 Å². The van der Waals surface area contributed by atoms with Crippen molar-refractivity contribution in [2.75, 3.05) is 19.6 Å². The second-order valence-corrected chi connectivity index (χ2v) is 9.94. The van der Waals surface area contributed by atoms with Crippen LogP contribution in [0.1, 0.15) is 51.5 Å². The molecular formula is C25H36F2N5O2P. The fourth-order valence-corrected chi connectivity index (χ4v) is 4.58. The van der Waals surface area contributed by atoms with Gasteiger partial charge in [0.05, 0.1) is 6.54 Å². The molecule has 0 saturated carbocycles. The Bertz CT molecular complexity index is 964. The number of benzene rings is 1. The van der Waals surface area contributed by atoms with Crippen LogP contribution in [0, 0.1) is 0 Å². The maximum atomic E-state index is 13.3. The molecule has 3 atom stereocenters. The van der Waals surface area contributed by atoms with Gasteiger partial charge < -0.3 is 25.5 Å². The number of aliphatic imine (C=N–C) groups is 1. The summed E-state index contributed by atoms with van der Waals surface area (Å²) in [5, 5.41) is 17.3. The van der Waals surface area contributed by atoms with E-state index in [1.807, 2.05) is 37.3 Å². The zero-order valence-corrected chi connectivity index (χ0v) is 21.6. The number of nitrogens with zero attached hydrogens (tertiary/aromatic N) is 3. The SMILES string of the molecule is C=C1C(C)=C(NC(C)=O)N(CCCC(F)(F)P)C(O)N1CCCCC1CN=C(c2ccccc2)N1. The van der Waals surface area contributed by atoms with E-state index >= 15 is 0 Å². The molecule has 7 nitrogen and oxygen atoms in total. The topological polar surface area (TPSA) is 80.2 Å². The Hall–Kier alpha value is -2.51. The number of unbranched alkanes of at least 4 members (excludes halogenated alkanes) is 1. The van der Waals surface area contributed by atoms with Gasteiger partial charge in [-0.05, 0) is 32.6 Å². The van der Waals surface area contributed by atoms with Gasteiger partial charge in [0.1, 0.15) is 11.7 Å². The Morgan fingerprint density at radius 2 is 1.94 bits per heavy atom. The van der Waals surface area contributed by atoms with E-state index in [1.54, 1.807) is 19.0 Å². The van der Waals surface area contributed by atoms with E-state index in [9.17, 15) is 18.7 Å². The number of hydrogen-bond donors (Lipinski definition) is 3. The summed E-state index contributed by atoms with van der Waals surface area (Å²) < 4.78 is 26.6. The highest BCUT2D eigenvalue weighted by molar-refractivity contribution is 7.18. The highest BCUT2D eigenvalue weighted by atomic mass is 31.0. The predicted molar refractivity (Wildman–Crippen MR) is 138 cm³/mol. The maximum Gasteiger partial charge on any atom is 0.259 e. The summed E-state index contributed by atoms with van der Waals surface area (Å²) in [5.74, 6) is 1.04. The highest BCUT2D eigenvalue weighted by Gasteiger charge is 2.34. The van der Waals surface area contributed by atoms with Crippen molar-refractivity contribution in [1.82, 2.24) is 20.4 Å². The minimum Gasteiger partial charge on any atom is -0.365 e. The molecule has 3 N–H and O–H groups in total. The van der Waals surface area contributed by atoms with E-state index < -0.39 is 12.0 Å². The molecule has 0 aromatic heterocycles. The first kappa shape index (κ1) is 27.1. The third kappa shape index (κ3) is 7.48. The largest absolute Gasteiger partial charge is 0.365 e. The summed E-state index contributed by atoms with van der Waals surface area (Å²) in [6.07, 6.45) is 1.40. The smallest absolute Gasteiger partial charge is 0.259 e. The first-order chi connectivity index (χ1) is 16.6. The lowest BCUT2D eigenvalue weighted by molar-refractivity contribution is -0.121. The number of hydrogen-bond acceptors (Lipinski definition) is 6. The van der Waals surface area contributed by atoms with Crippen LogP contribution in [-0.2, 0) is 4.79 Å². The number of alkyl halides is 2. The molecule has 2 heterocycles. The van der Waals surface area contributed by atoms with Gasteiger partial charge in [-0.3, -0.25) is 9.79 Å². The number of carbonyl (C=O) groups is 1. The van der Waals surface area contributed by atoms with E-state index in [0.29, 0.717) is 23.6 Å². The second kappa shape index (κ2) is 12.0. The predicted octanol–water partition coefficient (Wildman–Crippen LogP) is 3.60. The normalized spacial score (nSPS) is 20.7. The quantitative estimate of drug-likeness (QED) is 0.315. The van der Waals surface area contributed by atoms with Crippen molar-refractivity contribution >= 4 is 21.0 Å². The van der Waals surface area contributed by atoms with Crippen LogP contribution in [0.2, 0.25) is 0 Å². The molecular weight excluding hydrogens is 471 g/mol. The number of allylic oxidation sites excluding steroid dienone is 1. The lowest BCUT2D eigenvalue weighted by Gasteiger charge is -2.45. The molecule has 2 aliphatic heterocycles. The minimum absolute atomic E-state index is 0.154. The number of aliphatic hydroxyl groups is 1. The van der Waals surface area contributed by atoms with E-state index in [0.717, 1.165) is 37.2 Å². The highest BCUT2D eigenvalue weighted by Crippen LogP contribution is 2.32. The van der Waals surface area contributed by atoms with Crippen LogP contribution in [0.25, 0.3) is 0 Å². The number of halogens is 2. The minimum atomic E-state index is -2.87. The van der Waals surface area contributed by atoms with Gasteiger partial charge in [0.15, 0.2) is 0 Å². The average Bonchev–Trinajstić information content (AvgIpc) is 3.27. The number of amidine groups is 1. The lowest BCUT2D eigenvalue weighted by Crippen LogP contribution is -2.54. The molecule has 0 bridgehead atoms. The Balaban J connectivity index is 1.55. The summed E-state index contributed by atoms with van der Waals surface area (Å²) in [5.41, 5.74) is -0.460. The van der Waals surface area contributed by atoms with Crippen molar-refractivity contribution in [3.63, 3.8) is 0 Å². The van der Waals surface area contributed by atoms with Crippen LogP contribution >= 0.6 is 9.24 Å². The number of aliphatic hydroxyl groups excluding tert-OH is 1. The monoisotopic (exact) mass is 507 g/mol. The third-order valence-electron chi connectivity index (χ3n) is 6.24. The zero-order chi connectivity index (χ0) is 25.6. The van der Waals surface area contributed by atoms with Crippen LogP contribution in [0.5, 0.6) is 0 Å². The van der Waals surface area contributed by atoms with Crippen molar-refractivity contribution in [2.24, 2.45) is 4.99 Å². The molecule has 3 unspecified atom stereocenters. The first-order valence-electron chi connectivity index (χ1n) is 12.0. The molecule has 0 saturated heterocycles. The van der Waals surface area contributed by atoms with Gasteiger partial charge in [0.2, 0.25) is 12.3 Å². The van der Waals surface area contributed by atoms with Gasteiger partial charge in [-0.15, -0.1) is 0 Å². The maximum absolute atomic E-state index is 13.3. The van der Waals surface area contributed by atoms with E-state index in [1.165, 1.54) is 6.92 Å². The van der Waals surface area contributed by atoms with Crippen molar-refractivity contribution in [3.05, 3.63) is 59.6 Å².